The molecule has 4 aromatic heterocycles. The largest absolute Gasteiger partial charge is 0.328 e. The molecular weight excluding hydrogens is 364 g/mol. The lowest BCUT2D eigenvalue weighted by Gasteiger charge is -2.25. The number of nitrogens with zero attached hydrogens (tertiary/aromatic N) is 5. The highest BCUT2D eigenvalue weighted by Crippen LogP contribution is 2.32. The van der Waals surface area contributed by atoms with Gasteiger partial charge in [0.25, 0.3) is 0 Å². The summed E-state index contributed by atoms with van der Waals surface area (Å²) >= 11 is 0. The molecule has 6 rings (SSSR count). The number of rotatable bonds is 2. The molecule has 0 fully saturated rings. The Hall–Kier alpha value is -3.74. The molecule has 0 amide bonds. The molecule has 0 aliphatic heterocycles. The molecule has 1 N–H and O–H groups in total. The van der Waals surface area contributed by atoms with Crippen LogP contribution in [0.2, 0.25) is 0 Å². The average Bonchev–Trinajstić information content (AvgIpc) is 3.33. The van der Waals surface area contributed by atoms with Crippen molar-refractivity contribution in [2.45, 2.75) is 25.3 Å². The van der Waals surface area contributed by atoms with Gasteiger partial charge in [-0.05, 0) is 55.2 Å². The van der Waals surface area contributed by atoms with E-state index in [0.717, 1.165) is 52.9 Å². The molecule has 0 bridgehead atoms. The predicted octanol–water partition coefficient (Wildman–Crippen LogP) is 3.38. The van der Waals surface area contributed by atoms with Gasteiger partial charge in [0.1, 0.15) is 12.1 Å². The number of aromatic amines is 1. The van der Waals surface area contributed by atoms with Crippen molar-refractivity contribution in [1.29, 1.82) is 0 Å². The molecule has 1 atom stereocenters. The zero-order valence-electron chi connectivity index (χ0n) is 15.6. The number of imidazole rings is 2. The van der Waals surface area contributed by atoms with Crippen LogP contribution in [0.3, 0.4) is 0 Å². The van der Waals surface area contributed by atoms with Gasteiger partial charge in [-0.2, -0.15) is 0 Å². The summed E-state index contributed by atoms with van der Waals surface area (Å²) in [5.41, 5.74) is 5.33. The van der Waals surface area contributed by atoms with E-state index in [0.29, 0.717) is 5.65 Å². The Morgan fingerprint density at radius 1 is 1.03 bits per heavy atom. The summed E-state index contributed by atoms with van der Waals surface area (Å²) in [5, 5.41) is 0. The summed E-state index contributed by atoms with van der Waals surface area (Å²) < 4.78 is 3.74. The van der Waals surface area contributed by atoms with Gasteiger partial charge >= 0.3 is 5.69 Å². The Morgan fingerprint density at radius 3 is 2.93 bits per heavy atom. The fourth-order valence-corrected chi connectivity index (χ4v) is 4.41. The van der Waals surface area contributed by atoms with Crippen LogP contribution in [-0.4, -0.2) is 29.1 Å². The highest BCUT2D eigenvalue weighted by atomic mass is 16.1. The van der Waals surface area contributed by atoms with Crippen LogP contribution in [0.1, 0.15) is 30.1 Å². The minimum absolute atomic E-state index is 0.0593. The van der Waals surface area contributed by atoms with Crippen molar-refractivity contribution >= 4 is 22.2 Å². The summed E-state index contributed by atoms with van der Waals surface area (Å²) in [5.74, 6) is 0.737. The summed E-state index contributed by atoms with van der Waals surface area (Å²) in [6.07, 6.45) is 6.43. The van der Waals surface area contributed by atoms with Crippen LogP contribution in [0.25, 0.3) is 28.0 Å². The second-order valence-electron chi connectivity index (χ2n) is 7.39. The van der Waals surface area contributed by atoms with Crippen molar-refractivity contribution in [3.8, 4) is 5.82 Å². The van der Waals surface area contributed by atoms with Crippen LogP contribution in [0.15, 0.2) is 65.8 Å². The molecule has 7 heteroatoms. The van der Waals surface area contributed by atoms with Gasteiger partial charge in [-0.25, -0.2) is 14.8 Å². The summed E-state index contributed by atoms with van der Waals surface area (Å²) in [6.45, 7) is 0. The molecule has 1 aliphatic carbocycles. The number of nitrogens with one attached hydrogen (secondary N) is 1. The lowest BCUT2D eigenvalue weighted by atomic mass is 9.91. The number of fused-ring (bicyclic) bond motifs is 3. The van der Waals surface area contributed by atoms with Gasteiger partial charge in [-0.3, -0.25) is 14.1 Å². The van der Waals surface area contributed by atoms with Crippen LogP contribution < -0.4 is 5.69 Å². The van der Waals surface area contributed by atoms with E-state index < -0.39 is 0 Å². The monoisotopic (exact) mass is 382 g/mol. The lowest BCUT2D eigenvalue weighted by Crippen LogP contribution is -2.27. The molecule has 0 spiro atoms. The van der Waals surface area contributed by atoms with Crippen LogP contribution in [0.4, 0.5) is 0 Å². The quantitative estimate of drug-likeness (QED) is 0.507. The highest BCUT2D eigenvalue weighted by Gasteiger charge is 2.26. The molecule has 0 unspecified atom stereocenters. The first-order valence-corrected chi connectivity index (χ1v) is 9.77. The van der Waals surface area contributed by atoms with E-state index in [-0.39, 0.29) is 11.7 Å². The molecule has 0 saturated heterocycles. The van der Waals surface area contributed by atoms with Gasteiger partial charge in [0.2, 0.25) is 0 Å². The maximum Gasteiger partial charge on any atom is 0.328 e. The first kappa shape index (κ1) is 16.2. The van der Waals surface area contributed by atoms with Gasteiger partial charge in [-0.1, -0.05) is 18.2 Å². The maximum atomic E-state index is 12.9. The standard InChI is InChI=1S/C22H18N6O/c29-22-25-17-10-11-20(27-13-24-16-6-1-2-8-19(16)27)26-21(17)28(22)18-9-3-7-15-14(18)5-4-12-23-15/h1-2,4-6,8,10-13,18H,3,7,9H2,(H,25,29)/t18-/m1/s1. The molecule has 29 heavy (non-hydrogen) atoms. The number of hydrogen-bond donors (Lipinski definition) is 1. The number of hydrogen-bond acceptors (Lipinski definition) is 4. The van der Waals surface area contributed by atoms with Crippen LogP contribution in [0, 0.1) is 0 Å². The summed E-state index contributed by atoms with van der Waals surface area (Å²) in [4.78, 5) is 29.7. The zero-order chi connectivity index (χ0) is 19.4. The molecule has 0 saturated carbocycles. The minimum Gasteiger partial charge on any atom is -0.304 e. The van der Waals surface area contributed by atoms with Gasteiger partial charge in [0, 0.05) is 11.9 Å². The topological polar surface area (TPSA) is 81.4 Å². The molecule has 142 valence electrons. The van der Waals surface area contributed by atoms with Crippen molar-refractivity contribution in [1.82, 2.24) is 29.1 Å². The summed E-state index contributed by atoms with van der Waals surface area (Å²) in [6, 6.07) is 15.7. The third kappa shape index (κ3) is 2.44. The van der Waals surface area contributed by atoms with Crippen molar-refractivity contribution in [3.63, 3.8) is 0 Å². The van der Waals surface area contributed by atoms with Gasteiger partial charge in [-0.15, -0.1) is 0 Å². The van der Waals surface area contributed by atoms with E-state index >= 15 is 0 Å². The maximum absolute atomic E-state index is 12.9. The van der Waals surface area contributed by atoms with Crippen LogP contribution >= 0.6 is 0 Å². The molecular formula is C22H18N6O. The second-order valence-corrected chi connectivity index (χ2v) is 7.39. The van der Waals surface area contributed by atoms with Crippen LogP contribution in [-0.2, 0) is 6.42 Å². The fourth-order valence-electron chi connectivity index (χ4n) is 4.41. The predicted molar refractivity (Wildman–Crippen MR) is 110 cm³/mol. The number of para-hydroxylation sites is 2. The van der Waals surface area contributed by atoms with Gasteiger partial charge < -0.3 is 4.98 Å². The number of aromatic nitrogens is 6. The lowest BCUT2D eigenvalue weighted by molar-refractivity contribution is 0.481. The van der Waals surface area contributed by atoms with Crippen molar-refractivity contribution < 1.29 is 0 Å². The Kier molecular flexibility index (Phi) is 3.43. The molecule has 1 aliphatic rings. The second kappa shape index (κ2) is 6.13. The first-order chi connectivity index (χ1) is 14.3. The normalized spacial score (nSPS) is 16.3. The smallest absolute Gasteiger partial charge is 0.304 e. The first-order valence-electron chi connectivity index (χ1n) is 9.77. The average molecular weight is 382 g/mol. The Labute approximate surface area is 165 Å². The van der Waals surface area contributed by atoms with E-state index in [2.05, 4.69) is 21.0 Å². The number of aryl methyl sites for hydroxylation is 1. The highest BCUT2D eigenvalue weighted by molar-refractivity contribution is 5.78. The molecule has 5 aromatic rings. The van der Waals surface area contributed by atoms with Gasteiger partial charge in [0.05, 0.1) is 22.6 Å². The Morgan fingerprint density at radius 2 is 1.97 bits per heavy atom. The summed E-state index contributed by atoms with van der Waals surface area (Å²) in [7, 11) is 0. The zero-order valence-corrected chi connectivity index (χ0v) is 15.6. The molecule has 0 radical (unpaired) electrons. The number of pyridine rings is 2. The van der Waals surface area contributed by atoms with Gasteiger partial charge in [0.15, 0.2) is 5.65 Å². The van der Waals surface area contributed by atoms with E-state index in [4.69, 9.17) is 4.98 Å². The Bertz CT molecular complexity index is 1430. The van der Waals surface area contributed by atoms with Crippen molar-refractivity contribution in [2.75, 3.05) is 0 Å². The van der Waals surface area contributed by atoms with Crippen molar-refractivity contribution in [2.24, 2.45) is 0 Å². The Balaban J connectivity index is 1.57. The van der Waals surface area contributed by atoms with Crippen LogP contribution in [0.5, 0.6) is 0 Å². The third-order valence-corrected chi connectivity index (χ3v) is 5.74. The SMILES string of the molecule is O=c1[nH]c2ccc(-n3cnc4ccccc43)nc2n1[C@@H]1CCCc2ncccc21. The van der Waals surface area contributed by atoms with Crippen molar-refractivity contribution in [3.05, 3.63) is 82.8 Å². The number of benzene rings is 1. The number of H-pyrrole nitrogens is 1. The molecule has 1 aromatic carbocycles. The minimum atomic E-state index is -0.137. The van der Waals surface area contributed by atoms with E-state index in [1.54, 1.807) is 10.9 Å². The molecule has 7 nitrogen and oxygen atoms in total. The fraction of sp³-hybridized carbons (Fsp3) is 0.182. The molecule has 4 heterocycles. The van der Waals surface area contributed by atoms with E-state index in [1.807, 2.05) is 53.2 Å². The third-order valence-electron chi connectivity index (χ3n) is 5.74. The van der Waals surface area contributed by atoms with E-state index in [1.165, 1.54) is 0 Å². The van der Waals surface area contributed by atoms with E-state index in [9.17, 15) is 4.79 Å².